The molecule has 2 rings (SSSR count). The van der Waals surface area contributed by atoms with Crippen LogP contribution in [0.5, 0.6) is 0 Å². The Morgan fingerprint density at radius 2 is 2.19 bits per heavy atom. The summed E-state index contributed by atoms with van der Waals surface area (Å²) in [5.41, 5.74) is 0.965. The Balaban J connectivity index is 2.15. The van der Waals surface area contributed by atoms with E-state index in [1.54, 1.807) is 6.33 Å². The van der Waals surface area contributed by atoms with Crippen LogP contribution in [0.3, 0.4) is 0 Å². The summed E-state index contributed by atoms with van der Waals surface area (Å²) >= 11 is 0. The third kappa shape index (κ3) is 2.13. The van der Waals surface area contributed by atoms with Gasteiger partial charge in [0.25, 0.3) is 5.56 Å². The average Bonchev–Trinajstić information content (AvgIpc) is 2.77. The minimum absolute atomic E-state index is 0.239. The van der Waals surface area contributed by atoms with Crippen molar-refractivity contribution in [1.82, 2.24) is 19.5 Å². The maximum Gasteiger partial charge on any atom is 0.298 e. The third-order valence-corrected chi connectivity index (χ3v) is 2.67. The molecule has 0 aliphatic rings. The fraction of sp³-hybridized carbons (Fsp3) is 0.545. The molecule has 1 N–H and O–H groups in total. The van der Waals surface area contributed by atoms with Crippen LogP contribution in [-0.4, -0.2) is 19.5 Å². The highest BCUT2D eigenvalue weighted by molar-refractivity contribution is 5.68. The first kappa shape index (κ1) is 10.9. The predicted molar refractivity (Wildman–Crippen MR) is 62.3 cm³/mol. The number of aryl methyl sites for hydroxylation is 1. The summed E-state index contributed by atoms with van der Waals surface area (Å²) in [6.45, 7) is 3.06. The number of hydrogen-bond acceptors (Lipinski definition) is 3. The molecule has 0 amide bonds. The summed E-state index contributed by atoms with van der Waals surface area (Å²) in [6.07, 6.45) is 7.89. The van der Waals surface area contributed by atoms with E-state index in [0.717, 1.165) is 13.0 Å². The number of aromatic amines is 1. The van der Waals surface area contributed by atoms with Gasteiger partial charge in [0.1, 0.15) is 6.33 Å². The van der Waals surface area contributed by atoms with Gasteiger partial charge in [-0.15, -0.1) is 0 Å². The van der Waals surface area contributed by atoms with Crippen molar-refractivity contribution in [3.8, 4) is 0 Å². The Kier molecular flexibility index (Phi) is 3.34. The van der Waals surface area contributed by atoms with Crippen LogP contribution in [0.4, 0.5) is 0 Å². The van der Waals surface area contributed by atoms with E-state index in [-0.39, 0.29) is 5.56 Å². The van der Waals surface area contributed by atoms with E-state index in [1.165, 1.54) is 25.6 Å². The lowest BCUT2D eigenvalue weighted by Gasteiger charge is -2.05. The predicted octanol–water partition coefficient (Wildman–Crippen LogP) is 1.70. The quantitative estimate of drug-likeness (QED) is 0.780. The zero-order valence-electron chi connectivity index (χ0n) is 9.44. The normalized spacial score (nSPS) is 11.1. The van der Waals surface area contributed by atoms with Crippen LogP contribution in [0.2, 0.25) is 0 Å². The average molecular weight is 220 g/mol. The Morgan fingerprint density at radius 1 is 1.31 bits per heavy atom. The number of imidazole rings is 1. The molecule has 5 heteroatoms. The molecule has 2 aromatic rings. The lowest BCUT2D eigenvalue weighted by atomic mass is 10.2. The van der Waals surface area contributed by atoms with E-state index in [9.17, 15) is 4.79 Å². The van der Waals surface area contributed by atoms with Gasteiger partial charge < -0.3 is 9.55 Å². The van der Waals surface area contributed by atoms with Gasteiger partial charge in [0.2, 0.25) is 0 Å². The van der Waals surface area contributed by atoms with Gasteiger partial charge in [0.05, 0.1) is 6.33 Å². The van der Waals surface area contributed by atoms with Crippen molar-refractivity contribution < 1.29 is 0 Å². The summed E-state index contributed by atoms with van der Waals surface area (Å²) in [4.78, 5) is 22.2. The van der Waals surface area contributed by atoms with E-state index < -0.39 is 0 Å². The Labute approximate surface area is 93.5 Å². The molecule has 0 aliphatic heterocycles. The summed E-state index contributed by atoms with van der Waals surface area (Å²) in [5.74, 6) is 0. The maximum absolute atomic E-state index is 11.4. The molecule has 0 aliphatic carbocycles. The molecule has 2 aromatic heterocycles. The van der Waals surface area contributed by atoms with Gasteiger partial charge in [-0.05, 0) is 6.42 Å². The Bertz CT molecular complexity index is 514. The van der Waals surface area contributed by atoms with Gasteiger partial charge in [-0.25, -0.2) is 4.98 Å². The van der Waals surface area contributed by atoms with Crippen LogP contribution in [-0.2, 0) is 6.54 Å². The van der Waals surface area contributed by atoms with E-state index in [4.69, 9.17) is 0 Å². The molecule has 0 saturated heterocycles. The molecule has 0 unspecified atom stereocenters. The topological polar surface area (TPSA) is 63.6 Å². The minimum atomic E-state index is -0.239. The highest BCUT2D eigenvalue weighted by Crippen LogP contribution is 2.06. The molecule has 0 saturated carbocycles. The number of fused-ring (bicyclic) bond motifs is 1. The first-order chi connectivity index (χ1) is 7.83. The number of rotatable bonds is 5. The van der Waals surface area contributed by atoms with Crippen molar-refractivity contribution in [1.29, 1.82) is 0 Å². The van der Waals surface area contributed by atoms with Crippen LogP contribution in [0.1, 0.15) is 32.6 Å². The molecule has 16 heavy (non-hydrogen) atoms. The lowest BCUT2D eigenvalue weighted by Crippen LogP contribution is -2.12. The Morgan fingerprint density at radius 3 is 3.00 bits per heavy atom. The zero-order chi connectivity index (χ0) is 11.4. The molecule has 0 aromatic carbocycles. The SMILES string of the molecule is CCCCCCn1cnc(=O)c2[nH]cnc21. The standard InChI is InChI=1S/C11H16N4O/c1-2-3-4-5-6-15-8-14-11(16)9-10(15)13-7-12-9/h7-8H,2-6H2,1H3,(H,12,13). The molecule has 5 nitrogen and oxygen atoms in total. The van der Waals surface area contributed by atoms with Crippen molar-refractivity contribution in [2.75, 3.05) is 0 Å². The summed E-state index contributed by atoms with van der Waals surface area (Å²) < 4.78 is 1.93. The fourth-order valence-electron chi connectivity index (χ4n) is 1.78. The number of hydrogen-bond donors (Lipinski definition) is 1. The molecule has 0 spiro atoms. The largest absolute Gasteiger partial charge is 0.339 e. The molecule has 2 heterocycles. The third-order valence-electron chi connectivity index (χ3n) is 2.67. The van der Waals surface area contributed by atoms with Crippen molar-refractivity contribution in [2.45, 2.75) is 39.2 Å². The second kappa shape index (κ2) is 4.92. The van der Waals surface area contributed by atoms with Crippen LogP contribution >= 0.6 is 0 Å². The van der Waals surface area contributed by atoms with Crippen LogP contribution in [0, 0.1) is 0 Å². The van der Waals surface area contributed by atoms with Crippen LogP contribution < -0.4 is 5.56 Å². The smallest absolute Gasteiger partial charge is 0.298 e. The van der Waals surface area contributed by atoms with Gasteiger partial charge in [0.15, 0.2) is 11.2 Å². The molecule has 0 atom stereocenters. The Hall–Kier alpha value is -1.65. The van der Waals surface area contributed by atoms with Gasteiger partial charge in [0, 0.05) is 6.54 Å². The van der Waals surface area contributed by atoms with Gasteiger partial charge in [-0.1, -0.05) is 26.2 Å². The molecular weight excluding hydrogens is 204 g/mol. The minimum Gasteiger partial charge on any atom is -0.339 e. The molecule has 0 radical (unpaired) electrons. The lowest BCUT2D eigenvalue weighted by molar-refractivity contribution is 0.584. The molecule has 0 fully saturated rings. The van der Waals surface area contributed by atoms with Crippen LogP contribution in [0.25, 0.3) is 11.2 Å². The summed E-state index contributed by atoms with van der Waals surface area (Å²) in [5, 5.41) is 0. The van der Waals surface area contributed by atoms with Crippen molar-refractivity contribution in [2.24, 2.45) is 0 Å². The van der Waals surface area contributed by atoms with Crippen molar-refractivity contribution in [3.05, 3.63) is 23.0 Å². The fourth-order valence-corrected chi connectivity index (χ4v) is 1.78. The highest BCUT2D eigenvalue weighted by Gasteiger charge is 2.05. The molecular formula is C11H16N4O. The second-order valence-electron chi connectivity index (χ2n) is 3.90. The van der Waals surface area contributed by atoms with Gasteiger partial charge >= 0.3 is 0 Å². The number of nitrogens with one attached hydrogen (secondary N) is 1. The number of aromatic nitrogens is 4. The zero-order valence-corrected chi connectivity index (χ0v) is 9.44. The second-order valence-corrected chi connectivity index (χ2v) is 3.90. The number of H-pyrrole nitrogens is 1. The number of unbranched alkanes of at least 4 members (excludes halogenated alkanes) is 3. The highest BCUT2D eigenvalue weighted by atomic mass is 16.1. The van der Waals surface area contributed by atoms with E-state index in [0.29, 0.717) is 11.2 Å². The first-order valence-corrected chi connectivity index (χ1v) is 5.71. The first-order valence-electron chi connectivity index (χ1n) is 5.71. The van der Waals surface area contributed by atoms with Gasteiger partial charge in [-0.3, -0.25) is 4.79 Å². The van der Waals surface area contributed by atoms with E-state index >= 15 is 0 Å². The van der Waals surface area contributed by atoms with E-state index in [1.807, 2.05) is 4.57 Å². The number of nitrogens with zero attached hydrogens (tertiary/aromatic N) is 3. The maximum atomic E-state index is 11.4. The molecule has 0 bridgehead atoms. The van der Waals surface area contributed by atoms with Gasteiger partial charge in [-0.2, -0.15) is 4.98 Å². The summed E-state index contributed by atoms with van der Waals surface area (Å²) in [7, 11) is 0. The van der Waals surface area contributed by atoms with E-state index in [2.05, 4.69) is 21.9 Å². The molecule has 86 valence electrons. The monoisotopic (exact) mass is 220 g/mol. The van der Waals surface area contributed by atoms with Crippen molar-refractivity contribution >= 4 is 11.2 Å². The summed E-state index contributed by atoms with van der Waals surface area (Å²) in [6, 6.07) is 0. The van der Waals surface area contributed by atoms with Crippen molar-refractivity contribution in [3.63, 3.8) is 0 Å². The van der Waals surface area contributed by atoms with Crippen LogP contribution in [0.15, 0.2) is 17.4 Å².